The van der Waals surface area contributed by atoms with E-state index in [0.717, 1.165) is 4.47 Å². The average Bonchev–Trinajstić information content (AvgIpc) is 2.45. The number of ether oxygens (including phenoxy) is 1. The molecule has 0 aliphatic carbocycles. The average molecular weight is 353 g/mol. The van der Waals surface area contributed by atoms with Crippen molar-refractivity contribution in [2.75, 3.05) is 12.4 Å². The third-order valence-corrected chi connectivity index (χ3v) is 3.39. The highest BCUT2D eigenvalue weighted by Crippen LogP contribution is 2.29. The number of benzene rings is 2. The summed E-state index contributed by atoms with van der Waals surface area (Å²) in [4.78, 5) is 10.6. The molecule has 0 radical (unpaired) electrons. The molecule has 6 nitrogen and oxygen atoms in total. The first-order valence-corrected chi connectivity index (χ1v) is 6.84. The zero-order chi connectivity index (χ0) is 15.4. The predicted molar refractivity (Wildman–Crippen MR) is 82.8 cm³/mol. The Balaban J connectivity index is 2.18. The zero-order valence-corrected chi connectivity index (χ0v) is 12.8. The number of nitro benzene ring substituents is 1. The van der Waals surface area contributed by atoms with E-state index in [1.54, 1.807) is 24.3 Å². The first kappa shape index (κ1) is 15.1. The van der Waals surface area contributed by atoms with Gasteiger partial charge in [-0.05, 0) is 24.3 Å². The van der Waals surface area contributed by atoms with E-state index in [4.69, 9.17) is 4.74 Å². The minimum atomic E-state index is -0.422. The van der Waals surface area contributed by atoms with Crippen molar-refractivity contribution in [1.82, 2.24) is 0 Å². The van der Waals surface area contributed by atoms with Crippen molar-refractivity contribution in [2.45, 2.75) is 6.54 Å². The molecule has 0 unspecified atom stereocenters. The number of phenolic OH excluding ortho intramolecular Hbond substituents is 1. The Morgan fingerprint density at radius 3 is 2.71 bits per heavy atom. The first-order valence-electron chi connectivity index (χ1n) is 6.05. The first-order chi connectivity index (χ1) is 10.0. The summed E-state index contributed by atoms with van der Waals surface area (Å²) >= 11 is 3.30. The van der Waals surface area contributed by atoms with E-state index in [9.17, 15) is 15.2 Å². The van der Waals surface area contributed by atoms with Crippen LogP contribution >= 0.6 is 15.9 Å². The Labute approximate surface area is 129 Å². The van der Waals surface area contributed by atoms with E-state index in [-0.39, 0.29) is 18.0 Å². The van der Waals surface area contributed by atoms with Gasteiger partial charge in [-0.3, -0.25) is 10.1 Å². The molecule has 2 aromatic rings. The monoisotopic (exact) mass is 352 g/mol. The Bertz CT molecular complexity index is 676. The van der Waals surface area contributed by atoms with Crippen LogP contribution in [0.1, 0.15) is 5.56 Å². The summed E-state index contributed by atoms with van der Waals surface area (Å²) in [6.07, 6.45) is 0. The fourth-order valence-corrected chi connectivity index (χ4v) is 2.28. The number of hydrogen-bond acceptors (Lipinski definition) is 5. The van der Waals surface area contributed by atoms with Crippen LogP contribution in [0, 0.1) is 10.1 Å². The highest BCUT2D eigenvalue weighted by atomic mass is 79.9. The number of phenols is 1. The third-order valence-electron chi connectivity index (χ3n) is 2.90. The molecule has 0 aliphatic rings. The minimum Gasteiger partial charge on any atom is -0.504 e. The van der Waals surface area contributed by atoms with Crippen molar-refractivity contribution in [2.24, 2.45) is 0 Å². The molecule has 0 saturated carbocycles. The molecule has 0 amide bonds. The van der Waals surface area contributed by atoms with E-state index in [2.05, 4.69) is 21.2 Å². The van der Waals surface area contributed by atoms with Gasteiger partial charge < -0.3 is 15.2 Å². The highest BCUT2D eigenvalue weighted by molar-refractivity contribution is 9.10. The molecule has 0 spiro atoms. The maximum atomic E-state index is 11.0. The van der Waals surface area contributed by atoms with Gasteiger partial charge in [0.05, 0.1) is 12.0 Å². The van der Waals surface area contributed by atoms with Crippen LogP contribution < -0.4 is 10.1 Å². The van der Waals surface area contributed by atoms with Crippen LogP contribution in [0.4, 0.5) is 11.4 Å². The van der Waals surface area contributed by atoms with Crippen molar-refractivity contribution in [1.29, 1.82) is 0 Å². The number of rotatable bonds is 5. The lowest BCUT2D eigenvalue weighted by Crippen LogP contribution is -2.03. The summed E-state index contributed by atoms with van der Waals surface area (Å²) < 4.78 is 5.72. The Morgan fingerprint density at radius 1 is 1.33 bits per heavy atom. The van der Waals surface area contributed by atoms with Crippen molar-refractivity contribution in [3.63, 3.8) is 0 Å². The normalized spacial score (nSPS) is 10.2. The van der Waals surface area contributed by atoms with Crippen LogP contribution in [-0.2, 0) is 6.54 Å². The summed E-state index contributed by atoms with van der Waals surface area (Å²) in [7, 11) is 1.47. The Hall–Kier alpha value is -2.28. The number of halogens is 1. The van der Waals surface area contributed by atoms with Crippen molar-refractivity contribution in [3.8, 4) is 11.5 Å². The number of methoxy groups -OCH3 is 1. The fourth-order valence-electron chi connectivity index (χ4n) is 1.87. The van der Waals surface area contributed by atoms with Gasteiger partial charge in [-0.1, -0.05) is 15.9 Å². The van der Waals surface area contributed by atoms with E-state index in [1.165, 1.54) is 19.2 Å². The maximum absolute atomic E-state index is 11.0. The Morgan fingerprint density at radius 2 is 2.10 bits per heavy atom. The summed E-state index contributed by atoms with van der Waals surface area (Å²) in [5, 5.41) is 23.7. The van der Waals surface area contributed by atoms with Gasteiger partial charge in [-0.15, -0.1) is 0 Å². The molecule has 2 N–H and O–H groups in total. The number of hydrogen-bond donors (Lipinski definition) is 2. The summed E-state index contributed by atoms with van der Waals surface area (Å²) in [6, 6.07) is 9.61. The lowest BCUT2D eigenvalue weighted by atomic mass is 10.1. The fraction of sp³-hybridized carbons (Fsp3) is 0.143. The van der Waals surface area contributed by atoms with Gasteiger partial charge in [0.2, 0.25) is 0 Å². The van der Waals surface area contributed by atoms with Gasteiger partial charge >= 0.3 is 0 Å². The number of nitrogens with one attached hydrogen (secondary N) is 1. The maximum Gasteiger partial charge on any atom is 0.274 e. The smallest absolute Gasteiger partial charge is 0.274 e. The molecular formula is C14H13BrN2O4. The van der Waals surface area contributed by atoms with Gasteiger partial charge in [0.25, 0.3) is 5.69 Å². The molecule has 7 heteroatoms. The van der Waals surface area contributed by atoms with Crippen LogP contribution in [0.2, 0.25) is 0 Å². The zero-order valence-electron chi connectivity index (χ0n) is 11.2. The molecule has 21 heavy (non-hydrogen) atoms. The molecule has 0 heterocycles. The van der Waals surface area contributed by atoms with Gasteiger partial charge in [0, 0.05) is 34.4 Å². The third kappa shape index (κ3) is 3.63. The molecule has 0 aromatic heterocycles. The lowest BCUT2D eigenvalue weighted by Gasteiger charge is -2.09. The van der Waals surface area contributed by atoms with Gasteiger partial charge in [-0.2, -0.15) is 0 Å². The number of nitro groups is 1. The van der Waals surface area contributed by atoms with E-state index in [0.29, 0.717) is 17.0 Å². The second-order valence-corrected chi connectivity index (χ2v) is 5.19. The Kier molecular flexibility index (Phi) is 4.64. The topological polar surface area (TPSA) is 84.6 Å². The number of aromatic hydroxyl groups is 1. The number of nitrogens with zero attached hydrogens (tertiary/aromatic N) is 1. The number of anilines is 1. The quantitative estimate of drug-likeness (QED) is 0.633. The standard InChI is InChI=1S/C14H13BrN2O4/c1-21-14-5-3-11(7-13(14)18)16-8-9-6-10(15)2-4-12(9)17(19)20/h2-7,16,18H,8H2,1H3. The van der Waals surface area contributed by atoms with E-state index >= 15 is 0 Å². The molecule has 2 aromatic carbocycles. The molecule has 2 rings (SSSR count). The largest absolute Gasteiger partial charge is 0.504 e. The van der Waals surface area contributed by atoms with Crippen molar-refractivity contribution >= 4 is 27.3 Å². The molecule has 0 atom stereocenters. The van der Waals surface area contributed by atoms with Crippen LogP contribution in [0.5, 0.6) is 11.5 Å². The van der Waals surface area contributed by atoms with Crippen LogP contribution in [0.15, 0.2) is 40.9 Å². The molecule has 0 fully saturated rings. The second kappa shape index (κ2) is 6.45. The predicted octanol–water partition coefficient (Wildman–Crippen LogP) is 3.68. The van der Waals surface area contributed by atoms with Gasteiger partial charge in [0.1, 0.15) is 0 Å². The van der Waals surface area contributed by atoms with E-state index < -0.39 is 4.92 Å². The van der Waals surface area contributed by atoms with Crippen LogP contribution in [0.3, 0.4) is 0 Å². The minimum absolute atomic E-state index is 0.00578. The van der Waals surface area contributed by atoms with Gasteiger partial charge in [0.15, 0.2) is 11.5 Å². The molecule has 110 valence electrons. The second-order valence-electron chi connectivity index (χ2n) is 4.27. The molecular weight excluding hydrogens is 340 g/mol. The SMILES string of the molecule is COc1ccc(NCc2cc(Br)ccc2[N+](=O)[O-])cc1O. The summed E-state index contributed by atoms with van der Waals surface area (Å²) in [5.41, 5.74) is 1.23. The molecule has 0 saturated heterocycles. The summed E-state index contributed by atoms with van der Waals surface area (Å²) in [6.45, 7) is 0.265. The van der Waals surface area contributed by atoms with Crippen molar-refractivity contribution < 1.29 is 14.8 Å². The van der Waals surface area contributed by atoms with Crippen LogP contribution in [-0.4, -0.2) is 17.1 Å². The van der Waals surface area contributed by atoms with Crippen LogP contribution in [0.25, 0.3) is 0 Å². The lowest BCUT2D eigenvalue weighted by molar-refractivity contribution is -0.385. The highest BCUT2D eigenvalue weighted by Gasteiger charge is 2.13. The van der Waals surface area contributed by atoms with E-state index in [1.807, 2.05) is 0 Å². The van der Waals surface area contributed by atoms with Gasteiger partial charge in [-0.25, -0.2) is 0 Å². The van der Waals surface area contributed by atoms with Crippen molar-refractivity contribution in [3.05, 3.63) is 56.5 Å². The molecule has 0 bridgehead atoms. The summed E-state index contributed by atoms with van der Waals surface area (Å²) in [5.74, 6) is 0.375. The molecule has 0 aliphatic heterocycles.